The van der Waals surface area contributed by atoms with Gasteiger partial charge in [0.25, 0.3) is 0 Å². The van der Waals surface area contributed by atoms with Crippen molar-refractivity contribution in [1.82, 2.24) is 0 Å². The van der Waals surface area contributed by atoms with Gasteiger partial charge >= 0.3 is 19.5 Å². The van der Waals surface area contributed by atoms with Gasteiger partial charge in [0, 0.05) is 0 Å². The molecule has 0 unspecified atom stereocenters. The minimum atomic E-state index is -2.88. The molecule has 0 aliphatic carbocycles. The van der Waals surface area contributed by atoms with Crippen LogP contribution in [0, 0.1) is 0 Å². The molecule has 0 radical (unpaired) electrons. The summed E-state index contributed by atoms with van der Waals surface area (Å²) in [5, 5.41) is 0. The van der Waals surface area contributed by atoms with Gasteiger partial charge in [-0.25, -0.2) is 0 Å². The van der Waals surface area contributed by atoms with E-state index in [0.29, 0.717) is 0 Å². The molecule has 368 valence electrons. The average molecular weight is 1080 g/mol. The first-order valence-electron chi connectivity index (χ1n) is 25.8. The standard InChI is InChI=1S/2C28H43O2PS2.Zn/c2*1-3-5-7-9-11-13-19-25-21-15-17-23-27(25)29-31(32,33)30-28-24-18-16-22-26(28)20-14-12-10-8-6-4-2;/h2*15-18,21-24H,3-14,19-20H2,1-2H3,(H,32,33);/q;;+2/p-2. The number of unbranched alkanes of at least 4 members (excludes halogenated alkanes) is 20. The molecule has 0 amide bonds. The topological polar surface area (TPSA) is 36.9 Å². The van der Waals surface area contributed by atoms with E-state index in [1.54, 1.807) is 0 Å². The molecule has 4 nitrogen and oxygen atoms in total. The Labute approximate surface area is 443 Å². The van der Waals surface area contributed by atoms with E-state index in [1.165, 1.54) is 151 Å². The van der Waals surface area contributed by atoms with E-state index >= 15 is 0 Å². The van der Waals surface area contributed by atoms with E-state index in [1.807, 2.05) is 48.5 Å². The predicted octanol–water partition coefficient (Wildman–Crippen LogP) is 19.4. The number of benzene rings is 4. The van der Waals surface area contributed by atoms with Gasteiger partial charge in [0.1, 0.15) is 23.0 Å². The SMILES string of the molecule is CCCCCCCCc1ccccc1OP(=S)([S-])Oc1ccccc1CCCCCCCC.CCCCCCCCc1ccccc1OP(=S)([S-])Oc1ccccc1CCCCCCCC.[Zn+2]. The smallest absolute Gasteiger partial charge is 0.665 e. The van der Waals surface area contributed by atoms with Crippen LogP contribution < -0.4 is 18.1 Å². The number of rotatable bonds is 36. The summed E-state index contributed by atoms with van der Waals surface area (Å²) in [6, 6.07) is 32.6. The summed E-state index contributed by atoms with van der Waals surface area (Å²) in [7, 11) is 0. The summed E-state index contributed by atoms with van der Waals surface area (Å²) in [5.41, 5.74) is -1.06. The Bertz CT molecular complexity index is 1700. The summed E-state index contributed by atoms with van der Waals surface area (Å²) in [5.74, 6) is 3.16. The molecule has 0 N–H and O–H groups in total. The number of para-hydroxylation sites is 4. The zero-order chi connectivity index (χ0) is 47.6. The first kappa shape index (κ1) is 61.8. The van der Waals surface area contributed by atoms with Gasteiger partial charge in [-0.15, -0.1) is 0 Å². The zero-order valence-corrected chi connectivity index (χ0v) is 49.9. The summed E-state index contributed by atoms with van der Waals surface area (Å²) in [6.45, 7) is 9.01. The molecule has 0 saturated heterocycles. The largest absolute Gasteiger partial charge is 2.00 e. The van der Waals surface area contributed by atoms with Crippen molar-refractivity contribution in [2.45, 2.75) is 207 Å². The second kappa shape index (κ2) is 38.4. The number of hydrogen-bond acceptors (Lipinski definition) is 8. The van der Waals surface area contributed by atoms with Crippen molar-refractivity contribution in [3.8, 4) is 23.0 Å². The van der Waals surface area contributed by atoms with Crippen molar-refractivity contribution in [3.63, 3.8) is 0 Å². The molecule has 0 aliphatic heterocycles. The van der Waals surface area contributed by atoms with Crippen molar-refractivity contribution in [1.29, 1.82) is 0 Å². The van der Waals surface area contributed by atoms with Gasteiger partial charge in [0.05, 0.1) is 0 Å². The fourth-order valence-corrected chi connectivity index (χ4v) is 11.8. The summed E-state index contributed by atoms with van der Waals surface area (Å²) in [4.78, 5) is 0. The fourth-order valence-electron chi connectivity index (χ4n) is 8.10. The van der Waals surface area contributed by atoms with Crippen molar-refractivity contribution >= 4 is 59.5 Å². The van der Waals surface area contributed by atoms with E-state index in [2.05, 4.69) is 76.2 Å². The van der Waals surface area contributed by atoms with Crippen molar-refractivity contribution in [2.75, 3.05) is 0 Å². The third-order valence-corrected chi connectivity index (χ3v) is 15.4. The van der Waals surface area contributed by atoms with Crippen molar-refractivity contribution < 1.29 is 37.6 Å². The van der Waals surface area contributed by atoms with Crippen LogP contribution in [-0.4, -0.2) is 0 Å². The van der Waals surface area contributed by atoms with Crippen molar-refractivity contribution in [3.05, 3.63) is 119 Å². The van der Waals surface area contributed by atoms with Crippen LogP contribution in [-0.2, 0) is 93.3 Å². The monoisotopic (exact) mass is 1070 g/mol. The Balaban J connectivity index is 0.000000453. The van der Waals surface area contributed by atoms with Crippen molar-refractivity contribution in [2.24, 2.45) is 0 Å². The Morgan fingerprint density at radius 2 is 0.493 bits per heavy atom. The van der Waals surface area contributed by atoms with E-state index in [9.17, 15) is 0 Å². The Morgan fingerprint density at radius 1 is 0.313 bits per heavy atom. The maximum Gasteiger partial charge on any atom is 2.00 e. The van der Waals surface area contributed by atoms with Gasteiger partial charge in [0.15, 0.2) is 11.4 Å². The Kier molecular flexibility index (Phi) is 35.4. The van der Waals surface area contributed by atoms with Crippen LogP contribution in [0.25, 0.3) is 0 Å². The normalized spacial score (nSPS) is 11.3. The van der Waals surface area contributed by atoms with Gasteiger partial charge in [-0.3, -0.25) is 0 Å². The first-order valence-corrected chi connectivity index (χ1v) is 33.1. The maximum atomic E-state index is 6.18. The second-order valence-electron chi connectivity index (χ2n) is 17.8. The van der Waals surface area contributed by atoms with Crippen LogP contribution >= 0.6 is 11.4 Å². The van der Waals surface area contributed by atoms with Gasteiger partial charge in [0.2, 0.25) is 0 Å². The molecule has 0 aromatic heterocycles. The maximum absolute atomic E-state index is 6.18. The summed E-state index contributed by atoms with van der Waals surface area (Å²) in [6.07, 6.45) is 34.5. The number of hydrogen-bond donors (Lipinski definition) is 0. The summed E-state index contributed by atoms with van der Waals surface area (Å²) >= 11 is 22.7. The zero-order valence-electron chi connectivity index (χ0n) is 41.9. The molecular formula is C56H84O4P2S4Zn. The summed E-state index contributed by atoms with van der Waals surface area (Å²) < 4.78 is 24.7. The van der Waals surface area contributed by atoms with E-state index in [-0.39, 0.29) is 19.5 Å². The van der Waals surface area contributed by atoms with Gasteiger partial charge in [-0.2, -0.15) is 0 Å². The van der Waals surface area contributed by atoms with E-state index in [0.717, 1.165) is 74.4 Å². The van der Waals surface area contributed by atoms with E-state index in [4.69, 9.17) is 66.2 Å². The Hall–Kier alpha value is -1.30. The van der Waals surface area contributed by atoms with Crippen LogP contribution in [0.5, 0.6) is 23.0 Å². The molecule has 4 aromatic carbocycles. The molecule has 0 fully saturated rings. The van der Waals surface area contributed by atoms with Crippen LogP contribution in [0.1, 0.15) is 204 Å². The molecule has 0 atom stereocenters. The minimum absolute atomic E-state index is 0. The van der Waals surface area contributed by atoms with Crippen LogP contribution in [0.3, 0.4) is 0 Å². The predicted molar refractivity (Wildman–Crippen MR) is 300 cm³/mol. The molecule has 67 heavy (non-hydrogen) atoms. The minimum Gasteiger partial charge on any atom is -0.665 e. The molecule has 4 rings (SSSR count). The molecular weight excluding hydrogens is 992 g/mol. The first-order chi connectivity index (χ1) is 32.1. The molecule has 11 heteroatoms. The van der Waals surface area contributed by atoms with Gasteiger partial charge in [-0.1, -0.05) is 229 Å². The quantitative estimate of drug-likeness (QED) is 0.0193. The average Bonchev–Trinajstić information content (AvgIpc) is 3.30. The molecule has 0 heterocycles. The molecule has 4 aromatic rings. The number of aryl methyl sites for hydroxylation is 4. The van der Waals surface area contributed by atoms with Gasteiger partial charge < -0.3 is 42.6 Å². The van der Waals surface area contributed by atoms with Gasteiger partial charge in [-0.05, 0) is 121 Å². The van der Waals surface area contributed by atoms with Crippen LogP contribution in [0.15, 0.2) is 97.1 Å². The van der Waals surface area contributed by atoms with Crippen LogP contribution in [0.4, 0.5) is 0 Å². The van der Waals surface area contributed by atoms with E-state index < -0.39 is 11.4 Å². The van der Waals surface area contributed by atoms with Crippen LogP contribution in [0.2, 0.25) is 0 Å². The third-order valence-electron chi connectivity index (χ3n) is 11.9. The Morgan fingerprint density at radius 3 is 0.701 bits per heavy atom. The second-order valence-corrected chi connectivity index (χ2v) is 27.4. The molecule has 0 spiro atoms. The third kappa shape index (κ3) is 28.4. The molecule has 0 saturated carbocycles. The fraction of sp³-hybridized carbons (Fsp3) is 0.571. The molecule has 0 bridgehead atoms. The molecule has 0 aliphatic rings.